The smallest absolute Gasteiger partial charge is 0.216 e. The lowest BCUT2D eigenvalue weighted by molar-refractivity contribution is 0.0273. The van der Waals surface area contributed by atoms with E-state index in [1.54, 1.807) is 12.1 Å². The maximum Gasteiger partial charge on any atom is 0.216 e. The molecule has 0 aliphatic carbocycles. The number of ether oxygens (including phenoxy) is 1. The summed E-state index contributed by atoms with van der Waals surface area (Å²) in [6.07, 6.45) is 3.98. The Morgan fingerprint density at radius 1 is 1.22 bits per heavy atom. The van der Waals surface area contributed by atoms with Gasteiger partial charge in [-0.2, -0.15) is 0 Å². The van der Waals surface area contributed by atoms with E-state index in [0.717, 1.165) is 16.3 Å². The van der Waals surface area contributed by atoms with Gasteiger partial charge in [0.05, 0.1) is 6.20 Å². The molecule has 0 amide bonds. The van der Waals surface area contributed by atoms with E-state index in [1.165, 1.54) is 12.3 Å². The summed E-state index contributed by atoms with van der Waals surface area (Å²) >= 11 is 3.38. The van der Waals surface area contributed by atoms with E-state index in [1.807, 2.05) is 24.3 Å². The van der Waals surface area contributed by atoms with Gasteiger partial charge in [0.1, 0.15) is 11.9 Å². The number of aromatic nitrogens is 1. The number of nitrogens with zero attached hydrogens (tertiary/aromatic N) is 1. The first-order valence-electron chi connectivity index (χ1n) is 6.65. The minimum absolute atomic E-state index is 0.00204. The van der Waals surface area contributed by atoms with Gasteiger partial charge in [0.15, 0.2) is 14.9 Å². The summed E-state index contributed by atoms with van der Waals surface area (Å²) in [6.45, 7) is 0. The number of hydrogen-bond acceptors (Lipinski definition) is 6. The summed E-state index contributed by atoms with van der Waals surface area (Å²) in [4.78, 5) is 9.31. The van der Waals surface area contributed by atoms with Crippen LogP contribution in [0.25, 0.3) is 0 Å². The highest BCUT2D eigenvalue weighted by atomic mass is 79.9. The Bertz CT molecular complexity index is 833. The van der Waals surface area contributed by atoms with E-state index in [4.69, 9.17) is 9.57 Å². The third-order valence-electron chi connectivity index (χ3n) is 3.10. The minimum Gasteiger partial charge on any atom is -0.438 e. The Kier molecular flexibility index (Phi) is 4.38. The lowest BCUT2D eigenvalue weighted by Gasteiger charge is -2.07. The molecule has 1 N–H and O–H groups in total. The molecule has 23 heavy (non-hydrogen) atoms. The molecular weight excluding hydrogens is 384 g/mol. The average Bonchev–Trinajstić information content (AvgIpc) is 2.96. The fraction of sp³-hybridized carbons (Fsp3) is 0.133. The molecule has 1 aromatic heterocycles. The van der Waals surface area contributed by atoms with Crippen molar-refractivity contribution < 1.29 is 18.0 Å². The summed E-state index contributed by atoms with van der Waals surface area (Å²) in [7, 11) is -3.32. The molecule has 0 saturated carbocycles. The molecule has 1 atom stereocenters. The topological polar surface area (TPSA) is 77.5 Å². The molecule has 0 bridgehead atoms. The molecule has 0 spiro atoms. The van der Waals surface area contributed by atoms with Crippen molar-refractivity contribution in [2.45, 2.75) is 11.1 Å². The van der Waals surface area contributed by atoms with Gasteiger partial charge >= 0.3 is 0 Å². The molecule has 3 rings (SSSR count). The van der Waals surface area contributed by atoms with Gasteiger partial charge in [0.2, 0.25) is 5.88 Å². The molecule has 0 saturated heterocycles. The molecule has 1 aliphatic heterocycles. The lowest BCUT2D eigenvalue weighted by Crippen LogP contribution is -2.12. The van der Waals surface area contributed by atoms with Crippen LogP contribution in [-0.2, 0) is 14.7 Å². The van der Waals surface area contributed by atoms with Gasteiger partial charge in [-0.1, -0.05) is 28.1 Å². The molecule has 1 aromatic carbocycles. The van der Waals surface area contributed by atoms with Crippen LogP contribution in [0.2, 0.25) is 0 Å². The predicted octanol–water partition coefficient (Wildman–Crippen LogP) is 2.74. The quantitative estimate of drug-likeness (QED) is 0.855. The van der Waals surface area contributed by atoms with Gasteiger partial charge in [-0.3, -0.25) is 4.84 Å². The second-order valence-electron chi connectivity index (χ2n) is 4.93. The number of rotatable bonds is 4. The predicted molar refractivity (Wildman–Crippen MR) is 87.2 cm³/mol. The zero-order valence-corrected chi connectivity index (χ0v) is 14.5. The minimum atomic E-state index is -3.32. The van der Waals surface area contributed by atoms with Crippen molar-refractivity contribution in [3.05, 3.63) is 64.6 Å². The second-order valence-corrected chi connectivity index (χ2v) is 7.81. The van der Waals surface area contributed by atoms with Crippen LogP contribution in [0, 0.1) is 0 Å². The largest absolute Gasteiger partial charge is 0.438 e. The van der Waals surface area contributed by atoms with Gasteiger partial charge in [-0.05, 0) is 29.8 Å². The average molecular weight is 397 g/mol. The third-order valence-corrected chi connectivity index (χ3v) is 4.63. The Morgan fingerprint density at radius 2 is 1.96 bits per heavy atom. The first kappa shape index (κ1) is 16.0. The van der Waals surface area contributed by atoms with Crippen molar-refractivity contribution in [2.75, 3.05) is 6.26 Å². The van der Waals surface area contributed by atoms with Crippen molar-refractivity contribution >= 4 is 25.8 Å². The molecule has 0 fully saturated rings. The van der Waals surface area contributed by atoms with Gasteiger partial charge < -0.3 is 4.74 Å². The fourth-order valence-corrected chi connectivity index (χ4v) is 2.80. The Labute approximate surface area is 142 Å². The summed E-state index contributed by atoms with van der Waals surface area (Å²) in [6, 6.07) is 10.7. The fourth-order valence-electron chi connectivity index (χ4n) is 1.97. The zero-order chi connectivity index (χ0) is 16.4. The van der Waals surface area contributed by atoms with Crippen molar-refractivity contribution in [3.63, 3.8) is 0 Å². The van der Waals surface area contributed by atoms with Crippen molar-refractivity contribution in [1.29, 1.82) is 0 Å². The molecule has 0 unspecified atom stereocenters. The number of sulfone groups is 1. The number of hydrogen-bond donors (Lipinski definition) is 1. The van der Waals surface area contributed by atoms with Crippen molar-refractivity contribution in [1.82, 2.24) is 10.5 Å². The van der Waals surface area contributed by atoms with Gasteiger partial charge in [0.25, 0.3) is 0 Å². The highest BCUT2D eigenvalue weighted by molar-refractivity contribution is 9.10. The standard InChI is InChI=1S/C15H13BrN2O4S/c1-23(19,20)15-7-6-12(9-17-15)21-14-8-13(22-18-14)10-2-4-11(16)5-3-10/h2-9,13,18H,1H3/t13-/m0/s1. The van der Waals surface area contributed by atoms with Crippen LogP contribution in [0.15, 0.2) is 64.1 Å². The highest BCUT2D eigenvalue weighted by Gasteiger charge is 2.20. The SMILES string of the molecule is CS(=O)(=O)c1ccc(OC2=C[C@@H](c3ccc(Br)cc3)ON2)cn1. The molecular formula is C15H13BrN2O4S. The number of benzene rings is 1. The highest BCUT2D eigenvalue weighted by Crippen LogP contribution is 2.26. The lowest BCUT2D eigenvalue weighted by atomic mass is 10.1. The Balaban J connectivity index is 1.71. The zero-order valence-electron chi connectivity index (χ0n) is 12.1. The first-order valence-corrected chi connectivity index (χ1v) is 9.33. The first-order chi connectivity index (χ1) is 10.9. The maximum absolute atomic E-state index is 11.4. The van der Waals surface area contributed by atoms with E-state index in [0.29, 0.717) is 11.6 Å². The Hall–Kier alpha value is -1.90. The number of halogens is 1. The summed E-state index contributed by atoms with van der Waals surface area (Å²) < 4.78 is 29.3. The van der Waals surface area contributed by atoms with Crippen LogP contribution >= 0.6 is 15.9 Å². The molecule has 2 aromatic rings. The molecule has 0 radical (unpaired) electrons. The van der Waals surface area contributed by atoms with E-state index in [2.05, 4.69) is 26.4 Å². The molecule has 1 aliphatic rings. The summed E-state index contributed by atoms with van der Waals surface area (Å²) in [5, 5.41) is 0.00204. The number of hydroxylamine groups is 1. The van der Waals surface area contributed by atoms with Crippen molar-refractivity contribution in [2.24, 2.45) is 0 Å². The maximum atomic E-state index is 11.4. The van der Waals surface area contributed by atoms with Crippen molar-refractivity contribution in [3.8, 4) is 5.75 Å². The van der Waals surface area contributed by atoms with Crippen LogP contribution in [0.5, 0.6) is 5.75 Å². The normalized spacial score (nSPS) is 17.5. The Morgan fingerprint density at radius 3 is 2.57 bits per heavy atom. The number of nitrogens with one attached hydrogen (secondary N) is 1. The molecule has 8 heteroatoms. The third kappa shape index (κ3) is 3.90. The second kappa shape index (κ2) is 6.31. The van der Waals surface area contributed by atoms with Gasteiger partial charge in [0, 0.05) is 16.8 Å². The van der Waals surface area contributed by atoms with E-state index < -0.39 is 9.84 Å². The summed E-state index contributed by atoms with van der Waals surface area (Å²) in [5.74, 6) is 0.836. The van der Waals surface area contributed by atoms with E-state index >= 15 is 0 Å². The van der Waals surface area contributed by atoms with Gasteiger partial charge in [-0.25, -0.2) is 18.9 Å². The number of pyridine rings is 1. The summed E-state index contributed by atoms with van der Waals surface area (Å²) in [5.41, 5.74) is 3.67. The van der Waals surface area contributed by atoms with E-state index in [-0.39, 0.29) is 11.1 Å². The van der Waals surface area contributed by atoms with Gasteiger partial charge in [-0.15, -0.1) is 0 Å². The van der Waals surface area contributed by atoms with Crippen LogP contribution in [0.4, 0.5) is 0 Å². The molecule has 2 heterocycles. The van der Waals surface area contributed by atoms with Crippen LogP contribution < -0.4 is 10.2 Å². The monoisotopic (exact) mass is 396 g/mol. The molecule has 6 nitrogen and oxygen atoms in total. The molecule has 120 valence electrons. The van der Waals surface area contributed by atoms with Crippen LogP contribution in [0.1, 0.15) is 11.7 Å². The van der Waals surface area contributed by atoms with Crippen LogP contribution in [-0.4, -0.2) is 19.7 Å². The van der Waals surface area contributed by atoms with E-state index in [9.17, 15) is 8.42 Å². The van der Waals surface area contributed by atoms with Crippen LogP contribution in [0.3, 0.4) is 0 Å².